The Labute approximate surface area is 188 Å². The summed E-state index contributed by atoms with van der Waals surface area (Å²) in [6, 6.07) is 18.5. The smallest absolute Gasteiger partial charge is 0.329 e. The van der Waals surface area contributed by atoms with E-state index < -0.39 is 11.1 Å². The van der Waals surface area contributed by atoms with E-state index in [-0.39, 0.29) is 35.6 Å². The van der Waals surface area contributed by atoms with Crippen LogP contribution in [0.4, 0.5) is 0 Å². The predicted molar refractivity (Wildman–Crippen MR) is 119 cm³/mol. The van der Waals surface area contributed by atoms with Gasteiger partial charge in [-0.25, -0.2) is 9.59 Å². The van der Waals surface area contributed by atoms with Crippen LogP contribution in [0.3, 0.4) is 0 Å². The molecule has 6 atom stereocenters. The third-order valence-electron chi connectivity index (χ3n) is 8.54. The molecule has 2 saturated carbocycles. The van der Waals surface area contributed by atoms with Gasteiger partial charge in [0.05, 0.1) is 14.2 Å². The Morgan fingerprint density at radius 3 is 1.72 bits per heavy atom. The van der Waals surface area contributed by atoms with Crippen LogP contribution in [0.15, 0.2) is 65.7 Å². The number of carbonyl (C=O) groups is 2. The second kappa shape index (κ2) is 6.32. The Morgan fingerprint density at radius 1 is 0.812 bits per heavy atom. The first kappa shape index (κ1) is 19.7. The molecule has 164 valence electrons. The number of methoxy groups -OCH3 is 2. The standard InChI is InChI=1S/C27H27NO4/c1-15(2)19-20-17-12-8-9-13-18(17)21(19)23-22(20)26(24(29)31-3)27(23,25(30)32-4)28(26)14-16-10-6-5-7-11-16/h5-13,20-23H,14H2,1-4H3. The summed E-state index contributed by atoms with van der Waals surface area (Å²) in [6.07, 6.45) is 0. The number of allylic oxidation sites excluding steroid dienone is 2. The van der Waals surface area contributed by atoms with Gasteiger partial charge in [0.15, 0.2) is 11.1 Å². The summed E-state index contributed by atoms with van der Waals surface area (Å²) in [5.74, 6) is -0.380. The zero-order valence-electron chi connectivity index (χ0n) is 18.8. The first-order valence-corrected chi connectivity index (χ1v) is 11.2. The minimum Gasteiger partial charge on any atom is -0.468 e. The van der Waals surface area contributed by atoms with E-state index in [4.69, 9.17) is 9.47 Å². The lowest BCUT2D eigenvalue weighted by atomic mass is 9.51. The van der Waals surface area contributed by atoms with Crippen LogP contribution in [0, 0.1) is 11.8 Å². The Kier molecular flexibility index (Phi) is 3.90. The van der Waals surface area contributed by atoms with Crippen molar-refractivity contribution >= 4 is 11.9 Å². The molecule has 6 unspecified atom stereocenters. The molecule has 0 N–H and O–H groups in total. The van der Waals surface area contributed by atoms with E-state index in [9.17, 15) is 9.59 Å². The van der Waals surface area contributed by atoms with E-state index >= 15 is 0 Å². The lowest BCUT2D eigenvalue weighted by Gasteiger charge is -2.47. The number of esters is 2. The Balaban J connectivity index is 1.56. The summed E-state index contributed by atoms with van der Waals surface area (Å²) < 4.78 is 10.8. The number of ether oxygens (including phenoxy) is 2. The third-order valence-corrected chi connectivity index (χ3v) is 8.54. The first-order valence-electron chi connectivity index (χ1n) is 11.2. The summed E-state index contributed by atoms with van der Waals surface area (Å²) in [5, 5.41) is 0. The maximum atomic E-state index is 13.5. The lowest BCUT2D eigenvalue weighted by molar-refractivity contribution is -0.162. The van der Waals surface area contributed by atoms with Gasteiger partial charge in [-0.2, -0.15) is 0 Å². The molecule has 3 fully saturated rings. The normalized spacial score (nSPS) is 37.0. The van der Waals surface area contributed by atoms with Gasteiger partial charge in [-0.3, -0.25) is 4.90 Å². The van der Waals surface area contributed by atoms with Crippen molar-refractivity contribution in [3.63, 3.8) is 0 Å². The number of carbonyl (C=O) groups excluding carboxylic acids is 2. The molecule has 6 rings (SSSR count). The summed E-state index contributed by atoms with van der Waals surface area (Å²) in [4.78, 5) is 29.1. The molecule has 5 heteroatoms. The van der Waals surface area contributed by atoms with Crippen LogP contribution in [0.1, 0.15) is 42.4 Å². The molecular weight excluding hydrogens is 402 g/mol. The molecule has 1 heterocycles. The van der Waals surface area contributed by atoms with Crippen molar-refractivity contribution in [2.24, 2.45) is 11.8 Å². The van der Waals surface area contributed by atoms with E-state index in [0.717, 1.165) is 5.56 Å². The summed E-state index contributed by atoms with van der Waals surface area (Å²) in [7, 11) is 2.85. The van der Waals surface area contributed by atoms with Gasteiger partial charge in [-0.15, -0.1) is 0 Å². The van der Waals surface area contributed by atoms with E-state index in [1.165, 1.54) is 36.5 Å². The largest absolute Gasteiger partial charge is 0.468 e. The van der Waals surface area contributed by atoms with Crippen LogP contribution in [0.25, 0.3) is 0 Å². The molecule has 5 nitrogen and oxygen atoms in total. The highest BCUT2D eigenvalue weighted by Gasteiger charge is 3.01. The topological polar surface area (TPSA) is 55.6 Å². The molecule has 2 aromatic rings. The number of nitrogens with zero attached hydrogens (tertiary/aromatic N) is 1. The van der Waals surface area contributed by atoms with Crippen LogP contribution in [0.5, 0.6) is 0 Å². The molecule has 32 heavy (non-hydrogen) atoms. The van der Waals surface area contributed by atoms with E-state index in [1.807, 2.05) is 30.3 Å². The summed E-state index contributed by atoms with van der Waals surface area (Å²) in [5.41, 5.74) is 4.34. The average Bonchev–Trinajstić information content (AvgIpc) is 3.02. The Morgan fingerprint density at radius 2 is 1.28 bits per heavy atom. The molecule has 0 radical (unpaired) electrons. The van der Waals surface area contributed by atoms with Gasteiger partial charge >= 0.3 is 11.9 Å². The number of benzene rings is 2. The fourth-order valence-electron chi connectivity index (χ4n) is 7.78. The monoisotopic (exact) mass is 429 g/mol. The van der Waals surface area contributed by atoms with Gasteiger partial charge < -0.3 is 9.47 Å². The minimum absolute atomic E-state index is 0.00237. The van der Waals surface area contributed by atoms with Crippen molar-refractivity contribution < 1.29 is 19.1 Å². The first-order chi connectivity index (χ1) is 15.5. The van der Waals surface area contributed by atoms with Crippen LogP contribution in [-0.4, -0.2) is 42.1 Å². The maximum absolute atomic E-state index is 13.5. The SMILES string of the molecule is COC(=O)C12C3C4C(=C(C)C)C(c5ccccc54)C3C1(C(=O)OC)N2Cc1ccccc1. The van der Waals surface area contributed by atoms with Crippen molar-refractivity contribution in [3.05, 3.63) is 82.4 Å². The van der Waals surface area contributed by atoms with Crippen molar-refractivity contribution in [2.75, 3.05) is 14.2 Å². The van der Waals surface area contributed by atoms with Gasteiger partial charge in [0, 0.05) is 30.2 Å². The number of hydrogen-bond donors (Lipinski definition) is 0. The van der Waals surface area contributed by atoms with Crippen LogP contribution < -0.4 is 0 Å². The van der Waals surface area contributed by atoms with Gasteiger partial charge in [-0.1, -0.05) is 65.7 Å². The number of rotatable bonds is 4. The maximum Gasteiger partial charge on any atom is 0.329 e. The van der Waals surface area contributed by atoms with Crippen molar-refractivity contribution in [1.29, 1.82) is 0 Å². The van der Waals surface area contributed by atoms with Gasteiger partial charge in [0.25, 0.3) is 0 Å². The molecule has 3 aliphatic carbocycles. The fraction of sp³-hybridized carbons (Fsp3) is 0.407. The minimum atomic E-state index is -0.983. The highest BCUT2D eigenvalue weighted by atomic mass is 16.5. The summed E-state index contributed by atoms with van der Waals surface area (Å²) >= 11 is 0. The molecule has 0 amide bonds. The summed E-state index contributed by atoms with van der Waals surface area (Å²) in [6.45, 7) is 4.81. The quantitative estimate of drug-likeness (QED) is 0.320. The van der Waals surface area contributed by atoms with E-state index in [2.05, 4.69) is 43.0 Å². The Hall–Kier alpha value is -2.92. The molecule has 1 aliphatic heterocycles. The Bertz CT molecular complexity index is 1120. The van der Waals surface area contributed by atoms with Gasteiger partial charge in [0.1, 0.15) is 0 Å². The second-order valence-electron chi connectivity index (χ2n) is 9.68. The lowest BCUT2D eigenvalue weighted by Crippen LogP contribution is -2.64. The van der Waals surface area contributed by atoms with Crippen molar-refractivity contribution in [1.82, 2.24) is 4.90 Å². The fourth-order valence-corrected chi connectivity index (χ4v) is 7.78. The van der Waals surface area contributed by atoms with Crippen LogP contribution in [0.2, 0.25) is 0 Å². The zero-order valence-corrected chi connectivity index (χ0v) is 18.8. The third kappa shape index (κ3) is 1.88. The van der Waals surface area contributed by atoms with E-state index in [1.54, 1.807) is 0 Å². The molecule has 1 saturated heterocycles. The van der Waals surface area contributed by atoms with Gasteiger partial charge in [0.2, 0.25) is 0 Å². The number of likely N-dealkylation sites (tertiary alicyclic amines) is 1. The molecule has 2 aromatic carbocycles. The van der Waals surface area contributed by atoms with Crippen LogP contribution >= 0.6 is 0 Å². The number of hydrogen-bond acceptors (Lipinski definition) is 5. The molecule has 2 bridgehead atoms. The van der Waals surface area contributed by atoms with Crippen LogP contribution in [-0.2, 0) is 25.6 Å². The zero-order chi connectivity index (χ0) is 22.4. The van der Waals surface area contributed by atoms with Crippen molar-refractivity contribution in [3.8, 4) is 0 Å². The molecule has 4 aliphatic rings. The highest BCUT2D eigenvalue weighted by molar-refractivity contribution is 6.06. The predicted octanol–water partition coefficient (Wildman–Crippen LogP) is 3.80. The molecular formula is C27H27NO4. The highest BCUT2D eigenvalue weighted by Crippen LogP contribution is 2.86. The second-order valence-corrected chi connectivity index (χ2v) is 9.68. The van der Waals surface area contributed by atoms with E-state index in [0.29, 0.717) is 6.54 Å². The average molecular weight is 430 g/mol. The molecule has 0 aromatic heterocycles. The van der Waals surface area contributed by atoms with Gasteiger partial charge in [-0.05, 0) is 30.5 Å². The number of fused-ring (bicyclic) bond motifs is 11. The van der Waals surface area contributed by atoms with Crippen molar-refractivity contribution in [2.45, 2.75) is 43.3 Å². The molecule has 0 spiro atoms.